The number of nitrogens with zero attached hydrogens (tertiary/aromatic N) is 14. The highest BCUT2D eigenvalue weighted by molar-refractivity contribution is 7.05. The second-order valence-electron chi connectivity index (χ2n) is 34.7. The van der Waals surface area contributed by atoms with Crippen molar-refractivity contribution >= 4 is 126 Å². The van der Waals surface area contributed by atoms with E-state index in [9.17, 15) is 8.23 Å². The van der Waals surface area contributed by atoms with Gasteiger partial charge in [-0.15, -0.1) is 0 Å². The molecule has 0 aliphatic carbocycles. The summed E-state index contributed by atoms with van der Waals surface area (Å²) in [5, 5.41) is 8.20. The SMILES string of the molecule is C[N+]1(CCC[Si](O[Si]2(O[Si](CCC[N+]3(C)CCCCC3)(c3ccc([N+](C)(C)C)cc3)c3ccc([N+](C)(C)C)cc3)n3c4c5ccccc5c3N=C3N=C(N=c5c6ccccc6c(n52)=NC2=NC(=N4)c4ccccc42)c2ccccc23)(c2ccc([N+](C)(C)C)cc2)c2ccc([N+](C)(C)C)cc2)CCCCC1.[Cl-].[Cl-].[Cl-].[Cl-].[Cl-].[Cl-]. The van der Waals surface area contributed by atoms with Gasteiger partial charge in [0.05, 0.1) is 138 Å². The summed E-state index contributed by atoms with van der Waals surface area (Å²) < 4.78 is 29.6. The van der Waals surface area contributed by atoms with Gasteiger partial charge in [0.15, 0.2) is 23.3 Å². The van der Waals surface area contributed by atoms with Crippen LogP contribution < -0.4 is 124 Å². The first-order chi connectivity index (χ1) is 50.2. The van der Waals surface area contributed by atoms with Gasteiger partial charge in [0.1, 0.15) is 45.4 Å². The number of benzene rings is 8. The van der Waals surface area contributed by atoms with Crippen LogP contribution in [0.4, 0.5) is 34.4 Å². The second-order valence-corrected chi connectivity index (χ2v) is 44.9. The Hall–Kier alpha value is -6.81. The minimum Gasteiger partial charge on any atom is -1.00 e. The number of halogens is 6. The lowest BCUT2D eigenvalue weighted by molar-refractivity contribution is -0.914. The highest BCUT2D eigenvalue weighted by Gasteiger charge is 2.63. The molecule has 0 amide bonds. The highest BCUT2D eigenvalue weighted by atomic mass is 35.5. The average molecular weight is 1660 g/mol. The van der Waals surface area contributed by atoms with Gasteiger partial charge in [-0.1, -0.05) is 146 Å². The van der Waals surface area contributed by atoms with Gasteiger partial charge in [0.2, 0.25) is 16.6 Å². The molecule has 586 valence electrons. The Kier molecular flexibility index (Phi) is 25.6. The molecule has 2 fully saturated rings. The van der Waals surface area contributed by atoms with Crippen molar-refractivity contribution in [1.82, 2.24) is 26.4 Å². The van der Waals surface area contributed by atoms with Gasteiger partial charge < -0.3 is 91.6 Å². The molecule has 0 spiro atoms. The summed E-state index contributed by atoms with van der Waals surface area (Å²) in [6.07, 6.45) is 9.18. The normalized spacial score (nSPS) is 16.6. The molecule has 16 rings (SSSR count). The van der Waals surface area contributed by atoms with E-state index in [0.29, 0.717) is 63.9 Å². The van der Waals surface area contributed by atoms with Crippen molar-refractivity contribution in [1.29, 1.82) is 0 Å². The van der Waals surface area contributed by atoms with Gasteiger partial charge in [0, 0.05) is 43.8 Å². The zero-order chi connectivity index (χ0) is 73.1. The van der Waals surface area contributed by atoms with Crippen LogP contribution in [0.15, 0.2) is 224 Å². The van der Waals surface area contributed by atoms with Gasteiger partial charge >= 0.3 is 8.88 Å². The molecule has 0 unspecified atom stereocenters. The number of rotatable bonds is 20. The van der Waals surface area contributed by atoms with Crippen LogP contribution in [0.5, 0.6) is 0 Å². The third-order valence-corrected chi connectivity index (χ3v) is 37.7. The van der Waals surface area contributed by atoms with E-state index in [0.717, 1.165) is 138 Å². The maximum atomic E-state index is 10.1. The Morgan fingerprint density at radius 3 is 0.865 bits per heavy atom. The smallest absolute Gasteiger partial charge is 0.583 e. The summed E-state index contributed by atoms with van der Waals surface area (Å²) >= 11 is 0. The van der Waals surface area contributed by atoms with E-state index >= 15 is 0 Å². The number of amidine groups is 4. The fraction of sp³-hybridized carbons (Fsp3) is 0.349. The molecule has 8 heterocycles. The van der Waals surface area contributed by atoms with Gasteiger partial charge in [-0.3, -0.25) is 26.4 Å². The van der Waals surface area contributed by atoms with E-state index in [1.165, 1.54) is 61.3 Å². The number of hydrogen-bond acceptors (Lipinski definition) is 8. The Balaban J connectivity index is 0.00000218. The first kappa shape index (κ1) is 86.6. The largest absolute Gasteiger partial charge is 1.00 e. The molecule has 16 nitrogen and oxygen atoms in total. The van der Waals surface area contributed by atoms with E-state index in [1.54, 1.807) is 0 Å². The number of fused-ring (bicyclic) bond motifs is 14. The molecule has 0 saturated carbocycles. The van der Waals surface area contributed by atoms with Gasteiger partial charge in [0.25, 0.3) is 0 Å². The van der Waals surface area contributed by atoms with Crippen molar-refractivity contribution in [2.75, 3.05) is 138 Å². The van der Waals surface area contributed by atoms with Crippen LogP contribution in [-0.4, -0.2) is 204 Å². The average Bonchev–Trinajstić information content (AvgIpc) is 1.57. The number of likely N-dealkylation sites (tertiary alicyclic amines) is 2. The molecule has 0 N–H and O–H groups in total. The van der Waals surface area contributed by atoms with Crippen LogP contribution in [0.1, 0.15) is 73.6 Å². The summed E-state index contributed by atoms with van der Waals surface area (Å²) in [7, 11) is 19.0. The van der Waals surface area contributed by atoms with E-state index in [4.69, 9.17) is 30.0 Å². The van der Waals surface area contributed by atoms with E-state index in [2.05, 4.69) is 301 Å². The maximum absolute atomic E-state index is 10.1. The number of aromatic nitrogens is 2. The van der Waals surface area contributed by atoms with Crippen LogP contribution in [0, 0.1) is 0 Å². The topological polar surface area (TPSA) is 102 Å². The first-order valence-electron chi connectivity index (χ1n) is 38.2. The van der Waals surface area contributed by atoms with Gasteiger partial charge in [-0.2, -0.15) is 0 Å². The van der Waals surface area contributed by atoms with E-state index in [1.807, 2.05) is 0 Å². The van der Waals surface area contributed by atoms with Crippen LogP contribution in [0.3, 0.4) is 0 Å². The zero-order valence-electron chi connectivity index (χ0n) is 66.6. The predicted octanol–water partition coefficient (Wildman–Crippen LogP) is -6.22. The summed E-state index contributed by atoms with van der Waals surface area (Å²) in [6, 6.07) is 74.4. The molecule has 25 heteroatoms. The fourth-order valence-corrected chi connectivity index (χ4v) is 33.7. The fourth-order valence-electron chi connectivity index (χ4n) is 17.5. The lowest BCUT2D eigenvalue weighted by Gasteiger charge is -2.47. The Labute approximate surface area is 697 Å². The van der Waals surface area contributed by atoms with Crippen molar-refractivity contribution in [3.05, 3.63) is 227 Å². The number of quaternary nitrogens is 6. The maximum Gasteiger partial charge on any atom is 0.583 e. The summed E-state index contributed by atoms with van der Waals surface area (Å²) in [5.74, 6) is 3.53. The summed E-state index contributed by atoms with van der Waals surface area (Å²) in [5.41, 5.74) is 9.65. The first-order valence-corrected chi connectivity index (χ1v) is 44.1. The van der Waals surface area contributed by atoms with Crippen molar-refractivity contribution in [2.24, 2.45) is 30.0 Å². The van der Waals surface area contributed by atoms with Crippen LogP contribution >= 0.6 is 0 Å². The molecular formula is C86H106Cl6N14O2Si3. The van der Waals surface area contributed by atoms with Crippen LogP contribution in [-0.2, 0) is 8.23 Å². The number of piperidine rings is 2. The lowest BCUT2D eigenvalue weighted by atomic mass is 10.1. The number of aliphatic imine (C=N–C) groups is 4. The van der Waals surface area contributed by atoms with Crippen molar-refractivity contribution in [3.63, 3.8) is 0 Å². The molecule has 111 heavy (non-hydrogen) atoms. The molecule has 10 aromatic rings. The third kappa shape index (κ3) is 16.0. The molecule has 2 saturated heterocycles. The summed E-state index contributed by atoms with van der Waals surface area (Å²) in [4.78, 5) is 36.0. The predicted molar refractivity (Wildman–Crippen MR) is 445 cm³/mol. The van der Waals surface area contributed by atoms with E-state index in [-0.39, 0.29) is 74.4 Å². The second kappa shape index (κ2) is 32.8. The highest BCUT2D eigenvalue weighted by Crippen LogP contribution is 2.46. The van der Waals surface area contributed by atoms with Crippen molar-refractivity contribution in [2.45, 2.75) is 63.5 Å². The number of hydrogen-bond donors (Lipinski definition) is 0. The third-order valence-electron chi connectivity index (χ3n) is 23.6. The molecule has 8 aromatic carbocycles. The van der Waals surface area contributed by atoms with Gasteiger partial charge in [-0.25, -0.2) is 30.0 Å². The zero-order valence-corrected chi connectivity index (χ0v) is 74.2. The molecule has 0 radical (unpaired) electrons. The van der Waals surface area contributed by atoms with E-state index < -0.39 is 25.5 Å². The summed E-state index contributed by atoms with van der Waals surface area (Å²) in [6.45, 7) is 6.56. The molecule has 6 bridgehead atoms. The monoisotopic (exact) mass is 1660 g/mol. The molecule has 0 atom stereocenters. The van der Waals surface area contributed by atoms with Gasteiger partial charge in [-0.05, 0) is 133 Å². The van der Waals surface area contributed by atoms with Crippen LogP contribution in [0.2, 0.25) is 12.1 Å². The molecule has 2 aromatic heterocycles. The Morgan fingerprint density at radius 1 is 0.324 bits per heavy atom. The minimum atomic E-state index is -5.21. The van der Waals surface area contributed by atoms with Crippen molar-refractivity contribution < 1.29 is 91.6 Å². The lowest BCUT2D eigenvalue weighted by Crippen LogP contribution is -3.00. The molecule has 6 aliphatic heterocycles. The Morgan fingerprint density at radius 2 is 0.586 bits per heavy atom. The quantitative estimate of drug-likeness (QED) is 0.0562. The standard InChI is InChI=1S/C86H106N14O2Si3.6ClH/c1-95(2,3)63-39-47-67(48-40-63)103(61-29-59-99(13)55-25-15-26-56-99,68-49-41-64(42-50-68)96(4,5)6)101-105(102-104(62-30-60-100(14)57-27-16-28-58-100,69-51-43-65(44-52-69)97(7,8)9)70-53-45-66(46-54-70)98(10,11)12)93-83-75-35-21-22-36-76(75)85(93)91-81-73-33-19-20-34-74(73)82(88-81)92-86-78-38-24-23-37-77(78)84(94(86)105)90-80-72-32-18-17-31-71(72)79(87-80)89-83;;;;;;/h17-24,31-54H,15-16,25-30,55-62H2,1-14H3;6*1H/q+6;;;;;;/p-6. The molecule has 6 aliphatic rings. The minimum absolute atomic E-state index is 0. The van der Waals surface area contributed by atoms with Crippen LogP contribution in [0.25, 0.3) is 21.5 Å². The Bertz CT molecular complexity index is 4880. The molecular weight excluding hydrogens is 1560 g/mol. The van der Waals surface area contributed by atoms with Crippen molar-refractivity contribution in [3.8, 4) is 0 Å².